The summed E-state index contributed by atoms with van der Waals surface area (Å²) in [6.07, 6.45) is 1.71. The van der Waals surface area contributed by atoms with Crippen LogP contribution < -0.4 is 20.7 Å². The number of amides is 1. The molecule has 1 unspecified atom stereocenters. The smallest absolute Gasteiger partial charge is 0.349 e. The molecule has 0 radical (unpaired) electrons. The minimum atomic E-state index is -1.19. The Labute approximate surface area is 224 Å². The summed E-state index contributed by atoms with van der Waals surface area (Å²) in [5.74, 6) is -2.30. The minimum Gasteiger partial charge on any atom is -0.480 e. The number of thiophene rings is 1. The number of aromatic carboxylic acids is 1. The molecule has 1 amide bonds. The summed E-state index contributed by atoms with van der Waals surface area (Å²) in [5, 5.41) is 28.5. The van der Waals surface area contributed by atoms with Crippen LogP contribution >= 0.6 is 11.3 Å². The van der Waals surface area contributed by atoms with Crippen molar-refractivity contribution < 1.29 is 29.3 Å². The second kappa shape index (κ2) is 12.1. The average molecular weight is 538 g/mol. The Morgan fingerprint density at radius 1 is 1.05 bits per heavy atom. The third kappa shape index (κ3) is 6.51. The highest BCUT2D eigenvalue weighted by Gasteiger charge is 2.30. The van der Waals surface area contributed by atoms with Crippen LogP contribution in [0.2, 0.25) is 0 Å². The van der Waals surface area contributed by atoms with Gasteiger partial charge >= 0.3 is 11.9 Å². The number of aryl methyl sites for hydroxylation is 1. The molecule has 1 fully saturated rings. The lowest BCUT2D eigenvalue weighted by Gasteiger charge is -2.31. The van der Waals surface area contributed by atoms with E-state index in [0.29, 0.717) is 10.4 Å². The fourth-order valence-electron chi connectivity index (χ4n) is 4.58. The van der Waals surface area contributed by atoms with Gasteiger partial charge in [0.2, 0.25) is 5.91 Å². The number of rotatable bonds is 10. The highest BCUT2D eigenvalue weighted by molar-refractivity contribution is 7.18. The van der Waals surface area contributed by atoms with Crippen LogP contribution in [0.15, 0.2) is 48.5 Å². The fourth-order valence-corrected chi connectivity index (χ4v) is 5.67. The maximum absolute atomic E-state index is 13.4. The first kappa shape index (κ1) is 27.2. The highest BCUT2D eigenvalue weighted by atomic mass is 32.1. The standard InChI is InChI=1S/C28H31N3O6S/c1-16-6-8-20(9-7-16)31-27(34)23(18-10-12-29-13-11-18)30-21-5-3-4-19(14-21)25-17(2)24(37-15-22(32)33)26(38-25)28(35)36/h3-9,14,18,23,29-30H,10-13,15H2,1-2H3,(H,31,34)(H,32,33)(H,35,36). The van der Waals surface area contributed by atoms with Crippen molar-refractivity contribution in [2.45, 2.75) is 32.7 Å². The SMILES string of the molecule is Cc1ccc(NC(=O)C(Nc2cccc(-c3sc(C(=O)O)c(OCC(=O)O)c3C)c2)C2CCNCC2)cc1. The quantitative estimate of drug-likeness (QED) is 0.253. The number of ether oxygens (including phenoxy) is 1. The van der Waals surface area contributed by atoms with E-state index in [2.05, 4.69) is 16.0 Å². The first-order chi connectivity index (χ1) is 18.2. The molecule has 1 aromatic heterocycles. The molecule has 2 aromatic carbocycles. The van der Waals surface area contributed by atoms with Gasteiger partial charge in [-0.1, -0.05) is 29.8 Å². The van der Waals surface area contributed by atoms with E-state index in [9.17, 15) is 19.5 Å². The molecule has 1 atom stereocenters. The van der Waals surface area contributed by atoms with E-state index >= 15 is 0 Å². The second-order valence-electron chi connectivity index (χ2n) is 9.35. The predicted molar refractivity (Wildman–Crippen MR) is 147 cm³/mol. The fraction of sp³-hybridized carbons (Fsp3) is 0.321. The largest absolute Gasteiger partial charge is 0.480 e. The van der Waals surface area contributed by atoms with Gasteiger partial charge in [-0.3, -0.25) is 4.79 Å². The van der Waals surface area contributed by atoms with Crippen molar-refractivity contribution >= 4 is 40.6 Å². The van der Waals surface area contributed by atoms with Gasteiger partial charge in [-0.25, -0.2) is 9.59 Å². The molecule has 3 aromatic rings. The molecule has 38 heavy (non-hydrogen) atoms. The summed E-state index contributed by atoms with van der Waals surface area (Å²) in [6, 6.07) is 14.6. The van der Waals surface area contributed by atoms with E-state index < -0.39 is 24.6 Å². The van der Waals surface area contributed by atoms with E-state index in [1.165, 1.54) is 0 Å². The summed E-state index contributed by atoms with van der Waals surface area (Å²) in [6.45, 7) is 4.75. The van der Waals surface area contributed by atoms with Crippen molar-refractivity contribution in [2.75, 3.05) is 30.3 Å². The maximum atomic E-state index is 13.4. The molecular weight excluding hydrogens is 506 g/mol. The lowest BCUT2D eigenvalue weighted by Crippen LogP contribution is -2.45. The van der Waals surface area contributed by atoms with E-state index in [1.54, 1.807) is 6.92 Å². The molecule has 2 heterocycles. The van der Waals surface area contributed by atoms with E-state index in [0.717, 1.165) is 59.8 Å². The summed E-state index contributed by atoms with van der Waals surface area (Å²) in [7, 11) is 0. The molecular formula is C28H31N3O6S. The molecule has 0 spiro atoms. The van der Waals surface area contributed by atoms with Crippen molar-refractivity contribution in [1.29, 1.82) is 0 Å². The molecule has 0 saturated carbocycles. The lowest BCUT2D eigenvalue weighted by molar-refractivity contribution is -0.139. The Balaban J connectivity index is 1.61. The molecule has 10 heteroatoms. The van der Waals surface area contributed by atoms with E-state index in [1.807, 2.05) is 55.5 Å². The molecule has 0 aliphatic carbocycles. The zero-order valence-corrected chi connectivity index (χ0v) is 22.1. The van der Waals surface area contributed by atoms with Crippen LogP contribution in [0.1, 0.15) is 33.6 Å². The molecule has 4 rings (SSSR count). The minimum absolute atomic E-state index is 0.0535. The van der Waals surface area contributed by atoms with Crippen molar-refractivity contribution in [2.24, 2.45) is 5.92 Å². The third-order valence-electron chi connectivity index (χ3n) is 6.53. The first-order valence-corrected chi connectivity index (χ1v) is 13.2. The van der Waals surface area contributed by atoms with E-state index in [4.69, 9.17) is 9.84 Å². The first-order valence-electron chi connectivity index (χ1n) is 12.4. The molecule has 1 aliphatic rings. The number of carboxylic acid groups (broad SMARTS) is 2. The van der Waals surface area contributed by atoms with Gasteiger partial charge in [-0.2, -0.15) is 0 Å². The van der Waals surface area contributed by atoms with Gasteiger partial charge in [0, 0.05) is 21.8 Å². The highest BCUT2D eigenvalue weighted by Crippen LogP contribution is 2.42. The summed E-state index contributed by atoms with van der Waals surface area (Å²) in [5.41, 5.74) is 3.87. The van der Waals surface area contributed by atoms with Gasteiger partial charge in [-0.15, -0.1) is 11.3 Å². The Morgan fingerprint density at radius 3 is 2.42 bits per heavy atom. The van der Waals surface area contributed by atoms with Crippen LogP contribution in [0.5, 0.6) is 5.75 Å². The number of carboxylic acids is 2. The third-order valence-corrected chi connectivity index (χ3v) is 7.84. The van der Waals surface area contributed by atoms with Crippen LogP contribution in [-0.4, -0.2) is 53.8 Å². The van der Waals surface area contributed by atoms with Crippen LogP contribution in [0.25, 0.3) is 10.4 Å². The maximum Gasteiger partial charge on any atom is 0.349 e. The van der Waals surface area contributed by atoms with Gasteiger partial charge in [0.15, 0.2) is 11.5 Å². The number of hydrogen-bond acceptors (Lipinski definition) is 7. The van der Waals surface area contributed by atoms with Crippen molar-refractivity contribution in [3.63, 3.8) is 0 Å². The van der Waals surface area contributed by atoms with E-state index in [-0.39, 0.29) is 22.5 Å². The van der Waals surface area contributed by atoms with Crippen molar-refractivity contribution in [3.05, 3.63) is 64.5 Å². The zero-order valence-electron chi connectivity index (χ0n) is 21.2. The Bertz CT molecular complexity index is 1310. The Hall–Kier alpha value is -3.89. The van der Waals surface area contributed by atoms with Gasteiger partial charge in [0.25, 0.3) is 0 Å². The normalized spacial score (nSPS) is 14.5. The molecule has 0 bridgehead atoms. The van der Waals surface area contributed by atoms with Gasteiger partial charge in [0.1, 0.15) is 11.8 Å². The number of carbonyl (C=O) groups excluding carboxylic acids is 1. The van der Waals surface area contributed by atoms with Gasteiger partial charge in [0.05, 0.1) is 0 Å². The predicted octanol–water partition coefficient (Wildman–Crippen LogP) is 4.61. The lowest BCUT2D eigenvalue weighted by atomic mass is 9.89. The average Bonchev–Trinajstić information content (AvgIpc) is 3.24. The number of piperidine rings is 1. The monoisotopic (exact) mass is 537 g/mol. The number of anilines is 2. The molecule has 200 valence electrons. The summed E-state index contributed by atoms with van der Waals surface area (Å²) in [4.78, 5) is 36.9. The number of carbonyl (C=O) groups is 3. The molecule has 1 aliphatic heterocycles. The Morgan fingerprint density at radius 2 is 1.76 bits per heavy atom. The summed E-state index contributed by atoms with van der Waals surface area (Å²) >= 11 is 1.03. The van der Waals surface area contributed by atoms with Gasteiger partial charge in [-0.05, 0) is 75.5 Å². The molecule has 1 saturated heterocycles. The van der Waals surface area contributed by atoms with Crippen molar-refractivity contribution in [1.82, 2.24) is 5.32 Å². The molecule has 5 N–H and O–H groups in total. The van der Waals surface area contributed by atoms with Crippen LogP contribution in [0.4, 0.5) is 11.4 Å². The van der Waals surface area contributed by atoms with Crippen LogP contribution in [0, 0.1) is 19.8 Å². The second-order valence-corrected chi connectivity index (χ2v) is 10.4. The zero-order chi connectivity index (χ0) is 27.2. The number of benzene rings is 2. The van der Waals surface area contributed by atoms with Crippen LogP contribution in [-0.2, 0) is 9.59 Å². The molecule has 9 nitrogen and oxygen atoms in total. The summed E-state index contributed by atoms with van der Waals surface area (Å²) < 4.78 is 5.32. The topological polar surface area (TPSA) is 137 Å². The van der Waals surface area contributed by atoms with Crippen LogP contribution in [0.3, 0.4) is 0 Å². The van der Waals surface area contributed by atoms with Gasteiger partial charge < -0.3 is 30.9 Å². The van der Waals surface area contributed by atoms with Crippen molar-refractivity contribution in [3.8, 4) is 16.2 Å². The number of aliphatic carboxylic acids is 1. The Kier molecular flexibility index (Phi) is 8.65. The number of hydrogen-bond donors (Lipinski definition) is 5. The number of nitrogens with one attached hydrogen (secondary N) is 3.